The molecular formula is C44H46Br2N2O13. The number of amides is 2. The first-order valence-electron chi connectivity index (χ1n) is 18.8. The Morgan fingerprint density at radius 3 is 1.11 bits per heavy atom. The molecule has 0 aliphatic rings. The van der Waals surface area contributed by atoms with Crippen molar-refractivity contribution in [3.8, 4) is 11.5 Å². The summed E-state index contributed by atoms with van der Waals surface area (Å²) in [5.41, 5.74) is 0.605. The highest BCUT2D eigenvalue weighted by atomic mass is 79.9. The average Bonchev–Trinajstić information content (AvgIpc) is 3.17. The molecule has 0 saturated carbocycles. The van der Waals surface area contributed by atoms with Crippen LogP contribution in [0, 0.1) is 0 Å². The van der Waals surface area contributed by atoms with E-state index in [4.69, 9.17) is 33.2 Å². The van der Waals surface area contributed by atoms with Gasteiger partial charge in [-0.1, -0.05) is 80.4 Å². The quantitative estimate of drug-likeness (QED) is 0.0527. The van der Waals surface area contributed by atoms with Crippen molar-refractivity contribution >= 4 is 68.3 Å². The highest BCUT2D eigenvalue weighted by molar-refractivity contribution is 9.10. The minimum atomic E-state index is -1.46. The van der Waals surface area contributed by atoms with Crippen molar-refractivity contribution in [2.45, 2.75) is 90.9 Å². The van der Waals surface area contributed by atoms with Crippen LogP contribution < -0.4 is 20.1 Å². The smallest absolute Gasteiger partial charge is 0.444 e. The van der Waals surface area contributed by atoms with Crippen LogP contribution in [-0.2, 0) is 59.3 Å². The lowest BCUT2D eigenvalue weighted by molar-refractivity contribution is -0.162. The van der Waals surface area contributed by atoms with Gasteiger partial charge in [-0.3, -0.25) is 0 Å². The molecule has 0 saturated heterocycles. The Bertz CT molecular complexity index is 1980. The Labute approximate surface area is 370 Å². The topological polar surface area (TPSA) is 191 Å². The molecule has 0 aromatic heterocycles. The second kappa shape index (κ2) is 22.1. The second-order valence-electron chi connectivity index (χ2n) is 15.4. The highest BCUT2D eigenvalue weighted by Crippen LogP contribution is 2.19. The molecule has 15 nitrogen and oxygen atoms in total. The number of esters is 2. The first-order valence-corrected chi connectivity index (χ1v) is 20.4. The van der Waals surface area contributed by atoms with Crippen molar-refractivity contribution in [3.05, 3.63) is 128 Å². The van der Waals surface area contributed by atoms with Gasteiger partial charge in [0, 0.05) is 21.8 Å². The number of hydrogen-bond donors (Lipinski definition) is 2. The lowest BCUT2D eigenvalue weighted by Crippen LogP contribution is -2.49. The third-order valence-electron chi connectivity index (χ3n) is 7.82. The first kappa shape index (κ1) is 47.7. The summed E-state index contributed by atoms with van der Waals surface area (Å²) in [7, 11) is 0. The van der Waals surface area contributed by atoms with Crippen molar-refractivity contribution in [3.63, 3.8) is 0 Å². The molecule has 0 aliphatic carbocycles. The van der Waals surface area contributed by atoms with Crippen LogP contribution in [-0.4, -0.2) is 59.7 Å². The minimum absolute atomic E-state index is 0.00873. The average molecular weight is 971 g/mol. The van der Waals surface area contributed by atoms with Crippen LogP contribution in [0.4, 0.5) is 19.2 Å². The largest absolute Gasteiger partial charge is 0.514 e. The van der Waals surface area contributed by atoms with E-state index in [-0.39, 0.29) is 37.6 Å². The molecule has 2 atom stereocenters. The zero-order chi connectivity index (χ0) is 44.7. The van der Waals surface area contributed by atoms with Gasteiger partial charge in [-0.2, -0.15) is 0 Å². The molecule has 17 heteroatoms. The fourth-order valence-corrected chi connectivity index (χ4v) is 5.61. The molecule has 61 heavy (non-hydrogen) atoms. The Kier molecular flexibility index (Phi) is 17.3. The molecule has 4 rings (SSSR count). The van der Waals surface area contributed by atoms with Crippen molar-refractivity contribution in [1.82, 2.24) is 10.6 Å². The van der Waals surface area contributed by atoms with E-state index in [1.807, 2.05) is 24.3 Å². The van der Waals surface area contributed by atoms with Gasteiger partial charge in [0.05, 0.1) is 0 Å². The molecule has 2 N–H and O–H groups in total. The van der Waals surface area contributed by atoms with Crippen LogP contribution in [0.1, 0.15) is 63.8 Å². The van der Waals surface area contributed by atoms with Gasteiger partial charge >= 0.3 is 36.4 Å². The normalized spacial score (nSPS) is 12.1. The summed E-state index contributed by atoms with van der Waals surface area (Å²) < 4.78 is 38.6. The Morgan fingerprint density at radius 2 is 0.803 bits per heavy atom. The summed E-state index contributed by atoms with van der Waals surface area (Å²) in [4.78, 5) is 77.6. The van der Waals surface area contributed by atoms with Crippen LogP contribution in [0.2, 0.25) is 0 Å². The molecule has 4 aromatic rings. The second-order valence-corrected chi connectivity index (χ2v) is 17.2. The molecule has 4 aromatic carbocycles. The van der Waals surface area contributed by atoms with Crippen LogP contribution in [0.25, 0.3) is 0 Å². The van der Waals surface area contributed by atoms with Gasteiger partial charge in [0.1, 0.15) is 48.0 Å². The summed E-state index contributed by atoms with van der Waals surface area (Å²) in [5.74, 6) is -2.03. The molecule has 0 spiro atoms. The van der Waals surface area contributed by atoms with Crippen LogP contribution in [0.15, 0.2) is 106 Å². The van der Waals surface area contributed by atoms with Gasteiger partial charge in [0.2, 0.25) is 0 Å². The molecule has 0 heterocycles. The van der Waals surface area contributed by atoms with Gasteiger partial charge in [0.15, 0.2) is 0 Å². The number of ether oxygens (including phenoxy) is 7. The molecule has 0 aliphatic heterocycles. The lowest BCUT2D eigenvalue weighted by Gasteiger charge is -2.24. The minimum Gasteiger partial charge on any atom is -0.444 e. The van der Waals surface area contributed by atoms with E-state index in [0.717, 1.165) is 20.1 Å². The van der Waals surface area contributed by atoms with E-state index in [1.165, 1.54) is 24.3 Å². The molecule has 324 valence electrons. The number of carbonyl (C=O) groups excluding carboxylic acids is 6. The maximum atomic E-state index is 13.6. The zero-order valence-electron chi connectivity index (χ0n) is 34.3. The van der Waals surface area contributed by atoms with Crippen LogP contribution in [0.3, 0.4) is 0 Å². The number of halogens is 2. The molecule has 0 radical (unpaired) electrons. The van der Waals surface area contributed by atoms with Gasteiger partial charge in [-0.15, -0.1) is 0 Å². The van der Waals surface area contributed by atoms with E-state index in [9.17, 15) is 28.8 Å². The fourth-order valence-electron chi connectivity index (χ4n) is 5.08. The summed E-state index contributed by atoms with van der Waals surface area (Å²) >= 11 is 6.69. The Hall–Kier alpha value is -5.94. The van der Waals surface area contributed by atoms with Crippen molar-refractivity contribution < 1.29 is 61.9 Å². The van der Waals surface area contributed by atoms with Crippen LogP contribution in [0.5, 0.6) is 11.5 Å². The summed E-state index contributed by atoms with van der Waals surface area (Å²) in [6.45, 7) is 9.78. The third kappa shape index (κ3) is 18.1. The van der Waals surface area contributed by atoms with E-state index in [0.29, 0.717) is 11.1 Å². The first-order chi connectivity index (χ1) is 28.7. The predicted octanol–water partition coefficient (Wildman–Crippen LogP) is 9.28. The Balaban J connectivity index is 1.43. The zero-order valence-corrected chi connectivity index (χ0v) is 37.5. The lowest BCUT2D eigenvalue weighted by atomic mass is 10.0. The number of alkyl carbamates (subject to hydrolysis) is 2. The van der Waals surface area contributed by atoms with Gasteiger partial charge in [0.25, 0.3) is 0 Å². The van der Waals surface area contributed by atoms with Crippen molar-refractivity contribution in [1.29, 1.82) is 0 Å². The number of rotatable bonds is 14. The number of nitrogens with one attached hydrogen (secondary N) is 2. The van der Waals surface area contributed by atoms with E-state index in [2.05, 4.69) is 42.5 Å². The summed E-state index contributed by atoms with van der Waals surface area (Å²) in [6.07, 6.45) is -4.16. The molecule has 0 fully saturated rings. The van der Waals surface area contributed by atoms with Gasteiger partial charge in [-0.25, -0.2) is 28.8 Å². The standard InChI is InChI=1S/C44H46Br2N2O13/c1-43(2,3)60-39(51)47-35(23-27-11-19-33(20-12-27)57-41(53)55-25-29-7-15-31(45)16-8-29)37(49)59-38(50)36(48-40(52)61-44(4,5)6)24-28-13-21-34(22-14-28)58-42(54)56-26-30-9-17-32(46)18-10-30/h7-22,35-36H,23-26H2,1-6H3,(H,47,51)(H,48,52)/t35-,36-/m0/s1. The SMILES string of the molecule is CC(C)(C)OC(=O)N[C@@H](Cc1ccc(OC(=O)OCc2ccc(Br)cc2)cc1)C(=O)OC(=O)[C@H](Cc1ccc(OC(=O)OCc2ccc(Br)cc2)cc1)NC(=O)OC(C)(C)C. The third-order valence-corrected chi connectivity index (χ3v) is 8.88. The molecule has 0 unspecified atom stereocenters. The fraction of sp³-hybridized carbons (Fsp3) is 0.318. The Morgan fingerprint density at radius 1 is 0.492 bits per heavy atom. The van der Waals surface area contributed by atoms with Crippen LogP contribution >= 0.6 is 31.9 Å². The maximum absolute atomic E-state index is 13.6. The predicted molar refractivity (Wildman–Crippen MR) is 228 cm³/mol. The summed E-state index contributed by atoms with van der Waals surface area (Å²) in [5, 5.41) is 4.90. The van der Waals surface area contributed by atoms with Gasteiger partial charge in [-0.05, 0) is 112 Å². The van der Waals surface area contributed by atoms with Gasteiger partial charge < -0.3 is 43.8 Å². The number of benzene rings is 4. The van der Waals surface area contributed by atoms with E-state index >= 15 is 0 Å². The molecule has 0 bridgehead atoms. The highest BCUT2D eigenvalue weighted by Gasteiger charge is 2.32. The summed E-state index contributed by atoms with van der Waals surface area (Å²) in [6, 6.07) is 23.5. The number of carbonyl (C=O) groups is 6. The molecular weight excluding hydrogens is 924 g/mol. The molecule has 2 amide bonds. The number of hydrogen-bond acceptors (Lipinski definition) is 13. The maximum Gasteiger partial charge on any atom is 0.514 e. The van der Waals surface area contributed by atoms with E-state index in [1.54, 1.807) is 90.1 Å². The monoisotopic (exact) mass is 968 g/mol. The van der Waals surface area contributed by atoms with Crippen molar-refractivity contribution in [2.75, 3.05) is 0 Å². The van der Waals surface area contributed by atoms with Crippen molar-refractivity contribution in [2.24, 2.45) is 0 Å². The van der Waals surface area contributed by atoms with E-state index < -0.39 is 59.7 Å².